The Bertz CT molecular complexity index is 1350. The largest absolute Gasteiger partial charge is 0.497 e. The Kier molecular flexibility index (Phi) is 10.8. The van der Waals surface area contributed by atoms with Gasteiger partial charge in [-0.05, 0) is 47.9 Å². The molecule has 0 saturated heterocycles. The van der Waals surface area contributed by atoms with Crippen LogP contribution < -0.4 is 14.4 Å². The average molecular weight is 572 g/mol. The minimum atomic E-state index is -3.60. The summed E-state index contributed by atoms with van der Waals surface area (Å²) < 4.78 is 31.5. The number of likely N-dealkylation sites (N-methyl/N-ethyl adjacent to an activating group) is 1. The SMILES string of the molecule is CNC(=O)C(Cc1ccccc1)N(Cc1ccccc1Cl)C(=O)CCCN(c1ccc(OC)cc1)S(C)(=O)=O. The van der Waals surface area contributed by atoms with Crippen molar-refractivity contribution in [2.24, 2.45) is 0 Å². The number of halogens is 1. The molecule has 1 atom stereocenters. The van der Waals surface area contributed by atoms with Crippen LogP contribution in [0.4, 0.5) is 5.69 Å². The average Bonchev–Trinajstić information content (AvgIpc) is 2.93. The van der Waals surface area contributed by atoms with Gasteiger partial charge in [0.05, 0.1) is 19.1 Å². The van der Waals surface area contributed by atoms with Gasteiger partial charge in [0.2, 0.25) is 21.8 Å². The standard InChI is InChI=1S/C29H34ClN3O5S/c1-31-29(35)27(20-22-10-5-4-6-11-22)32(21-23-12-7-8-13-26(23)30)28(34)14-9-19-33(39(3,36)37)24-15-17-25(38-2)18-16-24/h4-8,10-13,15-18,27H,9,14,19-21H2,1-3H3,(H,31,35). The molecule has 39 heavy (non-hydrogen) atoms. The number of rotatable bonds is 13. The van der Waals surface area contributed by atoms with E-state index in [0.29, 0.717) is 28.4 Å². The van der Waals surface area contributed by atoms with E-state index in [9.17, 15) is 18.0 Å². The minimum Gasteiger partial charge on any atom is -0.497 e. The van der Waals surface area contributed by atoms with Crippen molar-refractivity contribution in [3.63, 3.8) is 0 Å². The molecule has 208 valence electrons. The fourth-order valence-electron chi connectivity index (χ4n) is 4.28. The normalized spacial score (nSPS) is 11.9. The molecule has 1 N–H and O–H groups in total. The summed E-state index contributed by atoms with van der Waals surface area (Å²) in [5.41, 5.74) is 2.10. The van der Waals surface area contributed by atoms with E-state index in [4.69, 9.17) is 16.3 Å². The first kappa shape index (κ1) is 30.0. The number of nitrogens with one attached hydrogen (secondary N) is 1. The highest BCUT2D eigenvalue weighted by Gasteiger charge is 2.30. The van der Waals surface area contributed by atoms with Crippen molar-refractivity contribution in [3.8, 4) is 5.75 Å². The van der Waals surface area contributed by atoms with Crippen molar-refractivity contribution in [1.82, 2.24) is 10.2 Å². The summed E-state index contributed by atoms with van der Waals surface area (Å²) in [7, 11) is -0.524. The second-order valence-corrected chi connectivity index (χ2v) is 11.4. The maximum absolute atomic E-state index is 13.7. The third-order valence-corrected chi connectivity index (χ3v) is 7.89. The lowest BCUT2D eigenvalue weighted by atomic mass is 10.0. The van der Waals surface area contributed by atoms with Gasteiger partial charge >= 0.3 is 0 Å². The number of carbonyl (C=O) groups is 2. The van der Waals surface area contributed by atoms with Gasteiger partial charge in [0.25, 0.3) is 0 Å². The summed E-state index contributed by atoms with van der Waals surface area (Å²) in [5, 5.41) is 3.18. The first-order valence-corrected chi connectivity index (χ1v) is 14.8. The smallest absolute Gasteiger partial charge is 0.242 e. The van der Waals surface area contributed by atoms with Crippen LogP contribution in [0.15, 0.2) is 78.9 Å². The van der Waals surface area contributed by atoms with Crippen LogP contribution in [0.25, 0.3) is 0 Å². The maximum Gasteiger partial charge on any atom is 0.242 e. The Hall–Kier alpha value is -3.56. The first-order chi connectivity index (χ1) is 18.6. The Labute approximate surface area is 235 Å². The second-order valence-electron chi connectivity index (χ2n) is 9.07. The van der Waals surface area contributed by atoms with E-state index < -0.39 is 16.1 Å². The molecule has 0 bridgehead atoms. The molecule has 0 aliphatic carbocycles. The highest BCUT2D eigenvalue weighted by molar-refractivity contribution is 7.92. The number of benzene rings is 3. The topological polar surface area (TPSA) is 96.0 Å². The number of anilines is 1. The maximum atomic E-state index is 13.7. The molecule has 0 radical (unpaired) electrons. The van der Waals surface area contributed by atoms with E-state index in [-0.39, 0.29) is 37.7 Å². The number of ether oxygens (including phenoxy) is 1. The molecule has 3 rings (SSSR count). The Morgan fingerprint density at radius 2 is 1.62 bits per heavy atom. The van der Waals surface area contributed by atoms with Crippen molar-refractivity contribution in [1.29, 1.82) is 0 Å². The Morgan fingerprint density at radius 3 is 2.21 bits per heavy atom. The minimum absolute atomic E-state index is 0.0366. The molecule has 10 heteroatoms. The number of nitrogens with zero attached hydrogens (tertiary/aromatic N) is 2. The zero-order valence-corrected chi connectivity index (χ0v) is 23.9. The Balaban J connectivity index is 1.84. The van der Waals surface area contributed by atoms with E-state index in [0.717, 1.165) is 11.8 Å². The third kappa shape index (κ3) is 8.46. The van der Waals surface area contributed by atoms with E-state index >= 15 is 0 Å². The fraction of sp³-hybridized carbons (Fsp3) is 0.310. The van der Waals surface area contributed by atoms with Crippen LogP contribution in [0.1, 0.15) is 24.0 Å². The summed E-state index contributed by atoms with van der Waals surface area (Å²) in [4.78, 5) is 28.3. The first-order valence-electron chi connectivity index (χ1n) is 12.5. The number of methoxy groups -OCH3 is 1. The van der Waals surface area contributed by atoms with E-state index in [1.165, 1.54) is 23.4 Å². The number of hydrogen-bond donors (Lipinski definition) is 1. The van der Waals surface area contributed by atoms with E-state index in [1.54, 1.807) is 36.4 Å². The van der Waals surface area contributed by atoms with Crippen LogP contribution in [-0.2, 0) is 32.6 Å². The van der Waals surface area contributed by atoms with Crippen LogP contribution in [0.3, 0.4) is 0 Å². The lowest BCUT2D eigenvalue weighted by molar-refractivity contribution is -0.141. The number of sulfonamides is 1. The van der Waals surface area contributed by atoms with Gasteiger partial charge in [0.15, 0.2) is 0 Å². The van der Waals surface area contributed by atoms with Gasteiger partial charge in [0, 0.05) is 38.0 Å². The van der Waals surface area contributed by atoms with Gasteiger partial charge in [0.1, 0.15) is 11.8 Å². The molecule has 0 saturated carbocycles. The summed E-state index contributed by atoms with van der Waals surface area (Å²) >= 11 is 6.42. The zero-order chi connectivity index (χ0) is 28.4. The van der Waals surface area contributed by atoms with Gasteiger partial charge in [-0.25, -0.2) is 8.42 Å². The van der Waals surface area contributed by atoms with Crippen LogP contribution in [-0.4, -0.2) is 58.1 Å². The van der Waals surface area contributed by atoms with Gasteiger partial charge in [-0.3, -0.25) is 13.9 Å². The second kappa shape index (κ2) is 14.0. The van der Waals surface area contributed by atoms with Gasteiger partial charge in [-0.2, -0.15) is 0 Å². The number of hydrogen-bond acceptors (Lipinski definition) is 5. The van der Waals surface area contributed by atoms with Crippen LogP contribution in [0.5, 0.6) is 5.75 Å². The molecule has 0 spiro atoms. The summed E-state index contributed by atoms with van der Waals surface area (Å²) in [6.45, 7) is 0.234. The van der Waals surface area contributed by atoms with Crippen molar-refractivity contribution in [3.05, 3.63) is 95.0 Å². The molecular formula is C29H34ClN3O5S. The molecular weight excluding hydrogens is 538 g/mol. The Morgan fingerprint density at radius 1 is 0.974 bits per heavy atom. The number of amides is 2. The monoisotopic (exact) mass is 571 g/mol. The zero-order valence-electron chi connectivity index (χ0n) is 22.3. The third-order valence-electron chi connectivity index (χ3n) is 6.33. The van der Waals surface area contributed by atoms with Gasteiger partial charge in [-0.1, -0.05) is 60.1 Å². The van der Waals surface area contributed by atoms with Crippen molar-refractivity contribution in [2.45, 2.75) is 31.8 Å². The molecule has 0 aliphatic heterocycles. The molecule has 2 amide bonds. The van der Waals surface area contributed by atoms with Crippen molar-refractivity contribution >= 4 is 39.1 Å². The van der Waals surface area contributed by atoms with Crippen molar-refractivity contribution < 1.29 is 22.7 Å². The van der Waals surface area contributed by atoms with Crippen LogP contribution in [0, 0.1) is 0 Å². The highest BCUT2D eigenvalue weighted by Crippen LogP contribution is 2.24. The molecule has 3 aromatic rings. The molecule has 1 unspecified atom stereocenters. The molecule has 0 heterocycles. The highest BCUT2D eigenvalue weighted by atomic mass is 35.5. The van der Waals surface area contributed by atoms with Gasteiger partial charge < -0.3 is 15.0 Å². The molecule has 0 aromatic heterocycles. The van der Waals surface area contributed by atoms with Crippen LogP contribution in [0.2, 0.25) is 5.02 Å². The quantitative estimate of drug-likeness (QED) is 0.330. The van der Waals surface area contributed by atoms with Crippen LogP contribution >= 0.6 is 11.6 Å². The predicted octanol–water partition coefficient (Wildman–Crippen LogP) is 4.28. The van der Waals surface area contributed by atoms with E-state index in [1.807, 2.05) is 42.5 Å². The predicted molar refractivity (Wildman–Crippen MR) is 154 cm³/mol. The lowest BCUT2D eigenvalue weighted by Crippen LogP contribution is -2.49. The fourth-order valence-corrected chi connectivity index (χ4v) is 5.44. The summed E-state index contributed by atoms with van der Waals surface area (Å²) in [6.07, 6.45) is 1.74. The van der Waals surface area contributed by atoms with E-state index in [2.05, 4.69) is 5.32 Å². The molecule has 8 nitrogen and oxygen atoms in total. The summed E-state index contributed by atoms with van der Waals surface area (Å²) in [6, 6.07) is 22.6. The molecule has 0 fully saturated rings. The molecule has 3 aromatic carbocycles. The lowest BCUT2D eigenvalue weighted by Gasteiger charge is -2.32. The molecule has 0 aliphatic rings. The number of carbonyl (C=O) groups excluding carboxylic acids is 2. The van der Waals surface area contributed by atoms with Gasteiger partial charge in [-0.15, -0.1) is 0 Å². The van der Waals surface area contributed by atoms with Crippen molar-refractivity contribution in [2.75, 3.05) is 31.3 Å². The summed E-state index contributed by atoms with van der Waals surface area (Å²) in [5.74, 6) is 0.0362.